The number of benzene rings is 1. The lowest BCUT2D eigenvalue weighted by atomic mass is 10.1. The van der Waals surface area contributed by atoms with Crippen LogP contribution < -0.4 is 10.6 Å². The van der Waals surface area contributed by atoms with Gasteiger partial charge in [0.05, 0.1) is 6.54 Å². The molecule has 0 bridgehead atoms. The molecule has 25 heavy (non-hydrogen) atoms. The predicted molar refractivity (Wildman–Crippen MR) is 117 cm³/mol. The number of carbonyl (C=O) groups is 1. The first-order valence-corrected chi connectivity index (χ1v) is 8.98. The Balaban J connectivity index is 0.00000576. The predicted octanol–water partition coefficient (Wildman–Crippen LogP) is 3.64. The molecule has 0 saturated heterocycles. The Hall–Kier alpha value is -1.31. The SMILES string of the molecule is CCNC(=NCc1ccc(C(=O)N(CC)CC)cc1)NC(C)CC.I. The van der Waals surface area contributed by atoms with Crippen LogP contribution in [0.25, 0.3) is 0 Å². The van der Waals surface area contributed by atoms with Crippen molar-refractivity contribution in [3.05, 3.63) is 35.4 Å². The number of rotatable bonds is 8. The summed E-state index contributed by atoms with van der Waals surface area (Å²) in [6, 6.07) is 8.12. The van der Waals surface area contributed by atoms with Crippen molar-refractivity contribution in [1.82, 2.24) is 15.5 Å². The second kappa shape index (κ2) is 13.0. The highest BCUT2D eigenvalue weighted by Crippen LogP contribution is 2.09. The molecule has 0 aliphatic carbocycles. The molecule has 2 N–H and O–H groups in total. The van der Waals surface area contributed by atoms with Crippen molar-refractivity contribution in [3.63, 3.8) is 0 Å². The molecule has 1 aromatic carbocycles. The molecular weight excluding hydrogens is 427 g/mol. The molecule has 0 heterocycles. The molecule has 0 aliphatic heterocycles. The molecule has 0 fully saturated rings. The van der Waals surface area contributed by atoms with E-state index in [1.807, 2.05) is 43.0 Å². The van der Waals surface area contributed by atoms with Crippen molar-refractivity contribution in [1.29, 1.82) is 0 Å². The molecule has 0 spiro atoms. The average molecular weight is 460 g/mol. The third kappa shape index (κ3) is 8.07. The summed E-state index contributed by atoms with van der Waals surface area (Å²) >= 11 is 0. The van der Waals surface area contributed by atoms with Crippen molar-refractivity contribution in [2.75, 3.05) is 19.6 Å². The van der Waals surface area contributed by atoms with Crippen LogP contribution in [0.2, 0.25) is 0 Å². The second-order valence-electron chi connectivity index (χ2n) is 5.82. The van der Waals surface area contributed by atoms with Crippen LogP contribution in [0.1, 0.15) is 57.0 Å². The largest absolute Gasteiger partial charge is 0.357 e. The van der Waals surface area contributed by atoms with Gasteiger partial charge in [-0.05, 0) is 51.8 Å². The summed E-state index contributed by atoms with van der Waals surface area (Å²) in [4.78, 5) is 18.7. The maximum Gasteiger partial charge on any atom is 0.253 e. The Morgan fingerprint density at radius 1 is 1.12 bits per heavy atom. The number of aliphatic imine (C=N–C) groups is 1. The van der Waals surface area contributed by atoms with E-state index >= 15 is 0 Å². The smallest absolute Gasteiger partial charge is 0.253 e. The molecule has 0 aromatic heterocycles. The second-order valence-corrected chi connectivity index (χ2v) is 5.82. The van der Waals surface area contributed by atoms with E-state index in [4.69, 9.17) is 0 Å². The Morgan fingerprint density at radius 3 is 2.20 bits per heavy atom. The molecule has 1 amide bonds. The number of nitrogens with zero attached hydrogens (tertiary/aromatic N) is 2. The van der Waals surface area contributed by atoms with Gasteiger partial charge >= 0.3 is 0 Å². The molecule has 0 saturated carbocycles. The van der Waals surface area contributed by atoms with Gasteiger partial charge in [0.1, 0.15) is 0 Å². The number of hydrogen-bond acceptors (Lipinski definition) is 2. The first-order valence-electron chi connectivity index (χ1n) is 8.98. The number of nitrogens with one attached hydrogen (secondary N) is 2. The molecule has 1 aromatic rings. The summed E-state index contributed by atoms with van der Waals surface area (Å²) in [6.07, 6.45) is 1.05. The van der Waals surface area contributed by atoms with Gasteiger partial charge in [-0.25, -0.2) is 4.99 Å². The van der Waals surface area contributed by atoms with E-state index in [0.29, 0.717) is 12.6 Å². The maximum atomic E-state index is 12.3. The lowest BCUT2D eigenvalue weighted by Gasteiger charge is -2.18. The van der Waals surface area contributed by atoms with Crippen LogP contribution in [-0.4, -0.2) is 42.4 Å². The molecule has 142 valence electrons. The van der Waals surface area contributed by atoms with Gasteiger partial charge in [0, 0.05) is 31.2 Å². The Morgan fingerprint density at radius 2 is 1.72 bits per heavy atom. The van der Waals surface area contributed by atoms with Crippen LogP contribution >= 0.6 is 24.0 Å². The molecule has 5 nitrogen and oxygen atoms in total. The van der Waals surface area contributed by atoms with Gasteiger partial charge in [0.15, 0.2) is 5.96 Å². The fourth-order valence-electron chi connectivity index (χ4n) is 2.27. The zero-order valence-electron chi connectivity index (χ0n) is 16.1. The Kier molecular flexibility index (Phi) is 12.3. The zero-order chi connectivity index (χ0) is 17.9. The van der Waals surface area contributed by atoms with Gasteiger partial charge in [-0.3, -0.25) is 4.79 Å². The van der Waals surface area contributed by atoms with Crippen molar-refractivity contribution in [2.45, 2.75) is 53.6 Å². The van der Waals surface area contributed by atoms with E-state index in [2.05, 4.69) is 36.4 Å². The van der Waals surface area contributed by atoms with Crippen molar-refractivity contribution in [3.8, 4) is 0 Å². The van der Waals surface area contributed by atoms with Gasteiger partial charge in [0.2, 0.25) is 0 Å². The van der Waals surface area contributed by atoms with Crippen LogP contribution in [0.15, 0.2) is 29.3 Å². The number of carbonyl (C=O) groups excluding carboxylic acids is 1. The molecule has 0 radical (unpaired) electrons. The highest BCUT2D eigenvalue weighted by molar-refractivity contribution is 14.0. The van der Waals surface area contributed by atoms with E-state index in [1.54, 1.807) is 0 Å². The lowest BCUT2D eigenvalue weighted by Crippen LogP contribution is -2.41. The summed E-state index contributed by atoms with van der Waals surface area (Å²) in [5.41, 5.74) is 1.82. The molecule has 6 heteroatoms. The Bertz CT molecular complexity index is 527. The molecule has 1 atom stereocenters. The number of hydrogen-bond donors (Lipinski definition) is 2. The van der Waals surface area contributed by atoms with E-state index < -0.39 is 0 Å². The lowest BCUT2D eigenvalue weighted by molar-refractivity contribution is 0.0773. The van der Waals surface area contributed by atoms with Gasteiger partial charge < -0.3 is 15.5 Å². The summed E-state index contributed by atoms with van der Waals surface area (Å²) in [5.74, 6) is 0.914. The monoisotopic (exact) mass is 460 g/mol. The van der Waals surface area contributed by atoms with Crippen LogP contribution in [0.3, 0.4) is 0 Å². The number of halogens is 1. The quantitative estimate of drug-likeness (QED) is 0.354. The van der Waals surface area contributed by atoms with Gasteiger partial charge in [0.25, 0.3) is 5.91 Å². The first-order chi connectivity index (χ1) is 11.5. The normalized spacial score (nSPS) is 12.1. The van der Waals surface area contributed by atoms with E-state index in [-0.39, 0.29) is 29.9 Å². The maximum absolute atomic E-state index is 12.3. The summed E-state index contributed by atoms with van der Waals surface area (Å²) in [7, 11) is 0. The first kappa shape index (κ1) is 23.7. The van der Waals surface area contributed by atoms with E-state index in [1.165, 1.54) is 0 Å². The minimum absolute atomic E-state index is 0. The summed E-state index contributed by atoms with van der Waals surface area (Å²) in [6.45, 7) is 13.2. The Labute approximate surface area is 169 Å². The topological polar surface area (TPSA) is 56.7 Å². The van der Waals surface area contributed by atoms with E-state index in [9.17, 15) is 4.79 Å². The van der Waals surface area contributed by atoms with Crippen LogP contribution in [-0.2, 0) is 6.54 Å². The minimum atomic E-state index is 0. The summed E-state index contributed by atoms with van der Waals surface area (Å²) < 4.78 is 0. The highest BCUT2D eigenvalue weighted by atomic mass is 127. The molecular formula is C19H33IN4O. The third-order valence-electron chi connectivity index (χ3n) is 4.01. The third-order valence-corrected chi connectivity index (χ3v) is 4.01. The van der Waals surface area contributed by atoms with Crippen molar-refractivity contribution >= 4 is 35.8 Å². The van der Waals surface area contributed by atoms with Crippen molar-refractivity contribution in [2.24, 2.45) is 4.99 Å². The van der Waals surface area contributed by atoms with Crippen LogP contribution in [0.4, 0.5) is 0 Å². The van der Waals surface area contributed by atoms with Gasteiger partial charge in [-0.15, -0.1) is 24.0 Å². The molecule has 1 unspecified atom stereocenters. The number of guanidine groups is 1. The van der Waals surface area contributed by atoms with Crippen LogP contribution in [0.5, 0.6) is 0 Å². The average Bonchev–Trinajstić information content (AvgIpc) is 2.61. The number of amides is 1. The fourth-order valence-corrected chi connectivity index (χ4v) is 2.27. The molecule has 1 rings (SSSR count). The molecule has 0 aliphatic rings. The van der Waals surface area contributed by atoms with Gasteiger partial charge in [-0.1, -0.05) is 19.1 Å². The standard InChI is InChI=1S/C19H32N4O.HI/c1-6-15(5)22-19(20-7-2)21-14-16-10-12-17(13-11-16)18(24)23(8-3)9-4;/h10-13,15H,6-9,14H2,1-5H3,(H2,20,21,22);1H. The van der Waals surface area contributed by atoms with E-state index in [0.717, 1.165) is 43.1 Å². The summed E-state index contributed by atoms with van der Waals surface area (Å²) in [5, 5.41) is 6.63. The minimum Gasteiger partial charge on any atom is -0.357 e. The fraction of sp³-hybridized carbons (Fsp3) is 0.579. The highest BCUT2D eigenvalue weighted by Gasteiger charge is 2.11. The van der Waals surface area contributed by atoms with Gasteiger partial charge in [-0.2, -0.15) is 0 Å². The van der Waals surface area contributed by atoms with Crippen molar-refractivity contribution < 1.29 is 4.79 Å². The van der Waals surface area contributed by atoms with Crippen LogP contribution in [0, 0.1) is 0 Å². The zero-order valence-corrected chi connectivity index (χ0v) is 18.5.